The van der Waals surface area contributed by atoms with Gasteiger partial charge in [-0.1, -0.05) is 64.5 Å². The molecule has 0 saturated heterocycles. The maximum absolute atomic E-state index is 5.80. The van der Waals surface area contributed by atoms with Crippen molar-refractivity contribution in [2.24, 2.45) is 0 Å². The maximum Gasteiger partial charge on any atom is 0.107 e. The molecule has 0 fully saturated rings. The Labute approximate surface area is 140 Å². The van der Waals surface area contributed by atoms with Gasteiger partial charge in [0.1, 0.15) is 6.10 Å². The fraction of sp³-hybridized carbons (Fsp3) is 0.333. The lowest BCUT2D eigenvalue weighted by Gasteiger charge is -2.21. The van der Waals surface area contributed by atoms with Crippen molar-refractivity contribution in [2.45, 2.75) is 17.9 Å². The van der Waals surface area contributed by atoms with Gasteiger partial charge in [0.25, 0.3) is 0 Å². The smallest absolute Gasteiger partial charge is 0.107 e. The minimum Gasteiger partial charge on any atom is -0.372 e. The molecular formula is C18H21BrOS. The van der Waals surface area contributed by atoms with E-state index >= 15 is 0 Å². The first-order valence-corrected chi connectivity index (χ1v) is 9.56. The Balaban J connectivity index is 2.41. The molecule has 0 amide bonds. The molecule has 2 aromatic rings. The molecule has 21 heavy (non-hydrogen) atoms. The van der Waals surface area contributed by atoms with E-state index < -0.39 is 0 Å². The average Bonchev–Trinajstić information content (AvgIpc) is 2.54. The van der Waals surface area contributed by atoms with Crippen LogP contribution in [0.25, 0.3) is 0 Å². The zero-order valence-corrected chi connectivity index (χ0v) is 14.9. The van der Waals surface area contributed by atoms with Gasteiger partial charge in [-0.05, 0) is 40.7 Å². The number of halogens is 1. The quantitative estimate of drug-likeness (QED) is 0.622. The summed E-state index contributed by atoms with van der Waals surface area (Å²) in [6, 6.07) is 17.0. The first-order chi connectivity index (χ1) is 10.3. The van der Waals surface area contributed by atoms with Crippen LogP contribution in [0.15, 0.2) is 48.5 Å². The van der Waals surface area contributed by atoms with Crippen molar-refractivity contribution in [3.8, 4) is 0 Å². The minimum absolute atomic E-state index is 0.00650. The maximum atomic E-state index is 5.80. The first kappa shape index (κ1) is 16.6. The van der Waals surface area contributed by atoms with Crippen molar-refractivity contribution in [2.75, 3.05) is 19.1 Å². The van der Waals surface area contributed by atoms with Crippen molar-refractivity contribution < 1.29 is 4.74 Å². The highest BCUT2D eigenvalue weighted by Crippen LogP contribution is 2.31. The number of benzene rings is 2. The van der Waals surface area contributed by atoms with Gasteiger partial charge < -0.3 is 4.74 Å². The average molecular weight is 365 g/mol. The number of rotatable bonds is 7. The number of thioether (sulfide) groups is 1. The third kappa shape index (κ3) is 4.12. The second-order valence-electron chi connectivity index (χ2n) is 4.89. The van der Waals surface area contributed by atoms with E-state index in [1.165, 1.54) is 22.3 Å². The standard InChI is InChI=1S/C18H21BrOS/c1-20-18(15-7-4-3-5-8-15)16-10-6-9-14(11-12-21-2)17(16)13-19/h3-10,18H,11-13H2,1-2H3. The highest BCUT2D eigenvalue weighted by atomic mass is 79.9. The monoisotopic (exact) mass is 364 g/mol. The van der Waals surface area contributed by atoms with Crippen molar-refractivity contribution in [1.82, 2.24) is 0 Å². The fourth-order valence-electron chi connectivity index (χ4n) is 2.58. The molecule has 0 radical (unpaired) electrons. The summed E-state index contributed by atoms with van der Waals surface area (Å²) in [6.07, 6.45) is 3.24. The molecule has 1 nitrogen and oxygen atoms in total. The number of methoxy groups -OCH3 is 1. The third-order valence-electron chi connectivity index (χ3n) is 3.64. The summed E-state index contributed by atoms with van der Waals surface area (Å²) in [6.45, 7) is 0. The predicted octanol–water partition coefficient (Wildman–Crippen LogP) is 5.22. The van der Waals surface area contributed by atoms with Gasteiger partial charge in [0.2, 0.25) is 0 Å². The van der Waals surface area contributed by atoms with E-state index in [1.807, 2.05) is 17.8 Å². The Hall–Kier alpha value is -0.770. The summed E-state index contributed by atoms with van der Waals surface area (Å²) < 4.78 is 5.80. The Bertz CT molecular complexity index is 556. The third-order valence-corrected chi connectivity index (χ3v) is 4.81. The van der Waals surface area contributed by atoms with Crippen LogP contribution in [0.1, 0.15) is 28.4 Å². The highest BCUT2D eigenvalue weighted by molar-refractivity contribution is 9.08. The van der Waals surface area contributed by atoms with Crippen molar-refractivity contribution in [3.63, 3.8) is 0 Å². The van der Waals surface area contributed by atoms with Gasteiger partial charge in [-0.2, -0.15) is 11.8 Å². The van der Waals surface area contributed by atoms with Gasteiger partial charge >= 0.3 is 0 Å². The van der Waals surface area contributed by atoms with E-state index in [4.69, 9.17) is 4.74 Å². The van der Waals surface area contributed by atoms with Crippen LogP contribution in [-0.4, -0.2) is 19.1 Å². The van der Waals surface area contributed by atoms with E-state index in [-0.39, 0.29) is 6.10 Å². The zero-order chi connectivity index (χ0) is 15.1. The van der Waals surface area contributed by atoms with Crippen LogP contribution in [0.4, 0.5) is 0 Å². The summed E-state index contributed by atoms with van der Waals surface area (Å²) in [5, 5.41) is 0.861. The molecule has 0 aromatic heterocycles. The van der Waals surface area contributed by atoms with Crippen molar-refractivity contribution >= 4 is 27.7 Å². The zero-order valence-electron chi connectivity index (χ0n) is 12.5. The van der Waals surface area contributed by atoms with Crippen LogP contribution < -0.4 is 0 Å². The SMILES string of the molecule is COC(c1ccccc1)c1cccc(CCSC)c1CBr. The predicted molar refractivity (Wildman–Crippen MR) is 96.5 cm³/mol. The largest absolute Gasteiger partial charge is 0.372 e. The molecule has 0 saturated carbocycles. The number of hydrogen-bond donors (Lipinski definition) is 0. The van der Waals surface area contributed by atoms with Crippen LogP contribution in [0.2, 0.25) is 0 Å². The Morgan fingerprint density at radius 2 is 1.86 bits per heavy atom. The number of aryl methyl sites for hydroxylation is 1. The number of hydrogen-bond acceptors (Lipinski definition) is 2. The van der Waals surface area contributed by atoms with Crippen LogP contribution in [0.5, 0.6) is 0 Å². The van der Waals surface area contributed by atoms with E-state index in [0.717, 1.165) is 17.5 Å². The minimum atomic E-state index is -0.00650. The Kier molecular flexibility index (Phi) is 6.81. The van der Waals surface area contributed by atoms with E-state index in [2.05, 4.69) is 64.7 Å². The fourth-order valence-corrected chi connectivity index (χ4v) is 3.69. The summed E-state index contributed by atoms with van der Waals surface area (Å²) >= 11 is 5.54. The summed E-state index contributed by atoms with van der Waals surface area (Å²) in [5.74, 6) is 1.15. The lowest BCUT2D eigenvalue weighted by atomic mass is 9.93. The van der Waals surface area contributed by atoms with Gasteiger partial charge in [-0.3, -0.25) is 0 Å². The molecule has 0 spiro atoms. The van der Waals surface area contributed by atoms with Crippen LogP contribution in [0.3, 0.4) is 0 Å². The molecule has 2 aromatic carbocycles. The summed E-state index contributed by atoms with van der Waals surface area (Å²) in [4.78, 5) is 0. The molecule has 1 atom stereocenters. The topological polar surface area (TPSA) is 9.23 Å². The second-order valence-corrected chi connectivity index (χ2v) is 6.43. The molecule has 0 bridgehead atoms. The highest BCUT2D eigenvalue weighted by Gasteiger charge is 2.18. The Morgan fingerprint density at radius 1 is 1.10 bits per heavy atom. The van der Waals surface area contributed by atoms with Gasteiger partial charge in [-0.15, -0.1) is 0 Å². The van der Waals surface area contributed by atoms with E-state index in [9.17, 15) is 0 Å². The molecule has 0 aliphatic carbocycles. The van der Waals surface area contributed by atoms with Crippen LogP contribution >= 0.6 is 27.7 Å². The summed E-state index contributed by atoms with van der Waals surface area (Å²) in [5.41, 5.74) is 5.24. The van der Waals surface area contributed by atoms with Gasteiger partial charge in [0.05, 0.1) is 0 Å². The normalized spacial score (nSPS) is 12.3. The first-order valence-electron chi connectivity index (χ1n) is 7.05. The van der Waals surface area contributed by atoms with Crippen LogP contribution in [0, 0.1) is 0 Å². The second kappa shape index (κ2) is 8.62. The molecule has 0 N–H and O–H groups in total. The molecular weight excluding hydrogens is 344 g/mol. The molecule has 112 valence electrons. The molecule has 2 rings (SSSR count). The van der Waals surface area contributed by atoms with Crippen LogP contribution in [-0.2, 0) is 16.5 Å². The van der Waals surface area contributed by atoms with E-state index in [1.54, 1.807) is 7.11 Å². The Morgan fingerprint density at radius 3 is 2.48 bits per heavy atom. The molecule has 0 aliphatic heterocycles. The van der Waals surface area contributed by atoms with Crippen molar-refractivity contribution in [3.05, 3.63) is 70.8 Å². The van der Waals surface area contributed by atoms with Gasteiger partial charge in [-0.25, -0.2) is 0 Å². The molecule has 1 unspecified atom stereocenters. The van der Waals surface area contributed by atoms with Gasteiger partial charge in [0.15, 0.2) is 0 Å². The number of alkyl halides is 1. The lowest BCUT2D eigenvalue weighted by molar-refractivity contribution is 0.136. The van der Waals surface area contributed by atoms with Gasteiger partial charge in [0, 0.05) is 12.4 Å². The lowest BCUT2D eigenvalue weighted by Crippen LogP contribution is -2.08. The molecule has 3 heteroatoms. The molecule has 0 heterocycles. The van der Waals surface area contributed by atoms with E-state index in [0.29, 0.717) is 0 Å². The summed E-state index contributed by atoms with van der Waals surface area (Å²) in [7, 11) is 1.78. The van der Waals surface area contributed by atoms with Crippen molar-refractivity contribution in [1.29, 1.82) is 0 Å². The number of ether oxygens (including phenoxy) is 1. The molecule has 0 aliphatic rings.